The molecule has 3 aromatic carbocycles. The van der Waals surface area contributed by atoms with E-state index in [2.05, 4.69) is 4.98 Å². The van der Waals surface area contributed by atoms with Crippen molar-refractivity contribution in [2.45, 2.75) is 6.54 Å². The summed E-state index contributed by atoms with van der Waals surface area (Å²) in [6.07, 6.45) is 1.49. The number of hydrogen-bond donors (Lipinski definition) is 1. The Morgan fingerprint density at radius 3 is 2.45 bits per heavy atom. The summed E-state index contributed by atoms with van der Waals surface area (Å²) < 4.78 is 11.8. The number of aliphatic carboxylic acids is 1. The molecule has 0 amide bonds. The van der Waals surface area contributed by atoms with E-state index in [1.54, 1.807) is 6.07 Å². The van der Waals surface area contributed by atoms with Crippen LogP contribution in [0.5, 0.6) is 11.5 Å². The van der Waals surface area contributed by atoms with Crippen molar-refractivity contribution in [3.63, 3.8) is 0 Å². The molecule has 33 heavy (non-hydrogen) atoms. The van der Waals surface area contributed by atoms with Crippen LogP contribution in [0, 0.1) is 0 Å². The van der Waals surface area contributed by atoms with Crippen LogP contribution in [0.3, 0.4) is 0 Å². The minimum atomic E-state index is -1.33. The van der Waals surface area contributed by atoms with Gasteiger partial charge in [-0.25, -0.2) is 14.3 Å². The molecule has 0 aliphatic heterocycles. The fourth-order valence-electron chi connectivity index (χ4n) is 3.69. The van der Waals surface area contributed by atoms with Gasteiger partial charge in [0.1, 0.15) is 18.0 Å². The summed E-state index contributed by atoms with van der Waals surface area (Å²) in [5, 5.41) is 10.7. The van der Waals surface area contributed by atoms with Crippen LogP contribution in [0.2, 0.25) is 0 Å². The fraction of sp³-hybridized carbons (Fsp3) is 0.0400. The van der Waals surface area contributed by atoms with E-state index in [9.17, 15) is 14.4 Å². The largest absolute Gasteiger partial charge is 0.480 e. The molecule has 2 aromatic heterocycles. The normalized spacial score (nSPS) is 11.0. The minimum Gasteiger partial charge on any atom is -0.480 e. The Morgan fingerprint density at radius 1 is 0.970 bits per heavy atom. The molecule has 8 heteroatoms. The maximum atomic E-state index is 12.5. The molecule has 5 rings (SSSR count). The van der Waals surface area contributed by atoms with Gasteiger partial charge in [-0.15, -0.1) is 0 Å². The van der Waals surface area contributed by atoms with Crippen LogP contribution in [0.4, 0.5) is 0 Å². The number of carboxylic acid groups (broad SMARTS) is 1. The number of carboxylic acids is 1. The number of nitrogens with zero attached hydrogens (tertiary/aromatic N) is 2. The zero-order valence-corrected chi connectivity index (χ0v) is 17.1. The summed E-state index contributed by atoms with van der Waals surface area (Å²) in [6, 6.07) is 22.4. The van der Waals surface area contributed by atoms with Crippen molar-refractivity contribution in [1.82, 2.24) is 9.55 Å². The Bertz CT molecular complexity index is 1640. The molecule has 0 aliphatic carbocycles. The highest BCUT2D eigenvalue weighted by molar-refractivity contribution is 6.01. The van der Waals surface area contributed by atoms with Gasteiger partial charge in [0.15, 0.2) is 11.1 Å². The first-order valence-electron chi connectivity index (χ1n) is 10.0. The zero-order valence-electron chi connectivity index (χ0n) is 17.1. The van der Waals surface area contributed by atoms with Crippen LogP contribution >= 0.6 is 0 Å². The van der Waals surface area contributed by atoms with Crippen molar-refractivity contribution in [2.24, 2.45) is 0 Å². The highest BCUT2D eigenvalue weighted by Gasteiger charge is 2.16. The van der Waals surface area contributed by atoms with Gasteiger partial charge in [0.2, 0.25) is 0 Å². The van der Waals surface area contributed by atoms with E-state index in [-0.39, 0.29) is 11.1 Å². The van der Waals surface area contributed by atoms with Gasteiger partial charge < -0.3 is 14.3 Å². The van der Waals surface area contributed by atoms with E-state index in [1.165, 1.54) is 6.20 Å². The number of aromatic nitrogens is 2. The van der Waals surface area contributed by atoms with Crippen molar-refractivity contribution in [3.8, 4) is 22.6 Å². The molecule has 162 valence electrons. The van der Waals surface area contributed by atoms with Gasteiger partial charge in [-0.1, -0.05) is 42.5 Å². The lowest BCUT2D eigenvalue weighted by atomic mass is 9.98. The van der Waals surface area contributed by atoms with Crippen LogP contribution in [0.15, 0.2) is 93.0 Å². The molecule has 0 spiro atoms. The fourth-order valence-corrected chi connectivity index (χ4v) is 3.69. The lowest BCUT2D eigenvalue weighted by Gasteiger charge is -2.13. The molecule has 8 nitrogen and oxygen atoms in total. The van der Waals surface area contributed by atoms with E-state index in [4.69, 9.17) is 14.3 Å². The number of para-hydroxylation sites is 1. The van der Waals surface area contributed by atoms with Crippen molar-refractivity contribution >= 4 is 27.8 Å². The number of ether oxygens (including phenoxy) is 1. The van der Waals surface area contributed by atoms with Crippen molar-refractivity contribution in [1.29, 1.82) is 0 Å². The third kappa shape index (κ3) is 3.74. The van der Waals surface area contributed by atoms with E-state index in [0.717, 1.165) is 16.3 Å². The van der Waals surface area contributed by atoms with E-state index >= 15 is 0 Å². The van der Waals surface area contributed by atoms with E-state index in [0.29, 0.717) is 21.6 Å². The third-order valence-corrected chi connectivity index (χ3v) is 5.18. The molecule has 0 saturated carbocycles. The predicted octanol–water partition coefficient (Wildman–Crippen LogP) is 4.05. The summed E-state index contributed by atoms with van der Waals surface area (Å²) in [5.74, 6) is -0.991. The maximum Gasteiger partial charge on any atom is 0.422 e. The predicted molar refractivity (Wildman–Crippen MR) is 122 cm³/mol. The molecule has 5 aromatic rings. The summed E-state index contributed by atoms with van der Waals surface area (Å²) in [7, 11) is 0. The second-order valence-electron chi connectivity index (χ2n) is 7.30. The molecule has 0 bridgehead atoms. The standard InChI is InChI=1S/C25H16N2O6/c28-22(29)14-27-24(30)23-21(33-25(27)31)12-15(13-26-23)17-10-11-20(19-9-5-4-8-18(17)19)32-16-6-2-1-3-7-16/h1-13H,14H2,(H,28,29). The molecule has 2 heterocycles. The lowest BCUT2D eigenvalue weighted by molar-refractivity contribution is -0.137. The van der Waals surface area contributed by atoms with Gasteiger partial charge in [0.05, 0.1) is 0 Å². The number of pyridine rings is 1. The van der Waals surface area contributed by atoms with Gasteiger partial charge in [-0.3, -0.25) is 9.59 Å². The van der Waals surface area contributed by atoms with Crippen molar-refractivity contribution < 1.29 is 19.1 Å². The SMILES string of the molecule is O=C(O)Cn1c(=O)oc2cc(-c3ccc(Oc4ccccc4)c4ccccc34)cnc2c1=O. The topological polar surface area (TPSA) is 112 Å². The Labute approximate surface area is 185 Å². The average Bonchev–Trinajstić information content (AvgIpc) is 2.82. The first kappa shape index (κ1) is 20.2. The molecule has 1 N–H and O–H groups in total. The van der Waals surface area contributed by atoms with Crippen LogP contribution in [-0.2, 0) is 11.3 Å². The highest BCUT2D eigenvalue weighted by Crippen LogP contribution is 2.36. The Balaban J connectivity index is 1.64. The van der Waals surface area contributed by atoms with Crippen LogP contribution in [-0.4, -0.2) is 20.6 Å². The van der Waals surface area contributed by atoms with Crippen LogP contribution in [0.1, 0.15) is 0 Å². The molecule has 0 unspecified atom stereocenters. The number of benzene rings is 3. The van der Waals surface area contributed by atoms with Crippen LogP contribution in [0.25, 0.3) is 33.0 Å². The maximum absolute atomic E-state index is 12.5. The molecule has 0 saturated heterocycles. The van der Waals surface area contributed by atoms with Crippen molar-refractivity contribution in [3.05, 3.63) is 99.9 Å². The molecule has 0 atom stereocenters. The smallest absolute Gasteiger partial charge is 0.422 e. The average molecular weight is 440 g/mol. The molecule has 0 aliphatic rings. The minimum absolute atomic E-state index is 0.0159. The molecular weight excluding hydrogens is 424 g/mol. The van der Waals surface area contributed by atoms with Gasteiger partial charge >= 0.3 is 11.7 Å². The lowest BCUT2D eigenvalue weighted by Crippen LogP contribution is -2.35. The second-order valence-corrected chi connectivity index (χ2v) is 7.30. The van der Waals surface area contributed by atoms with E-state index < -0.39 is 23.8 Å². The number of fused-ring (bicyclic) bond motifs is 2. The Hall–Kier alpha value is -4.72. The van der Waals surface area contributed by atoms with Gasteiger partial charge in [0, 0.05) is 17.1 Å². The molecule has 0 radical (unpaired) electrons. The number of carbonyl (C=O) groups is 1. The third-order valence-electron chi connectivity index (χ3n) is 5.18. The summed E-state index contributed by atoms with van der Waals surface area (Å²) in [6.45, 7) is -0.798. The molecule has 0 fully saturated rings. The zero-order chi connectivity index (χ0) is 22.9. The van der Waals surface area contributed by atoms with Gasteiger partial charge in [0.25, 0.3) is 5.56 Å². The number of rotatable bonds is 5. The second kappa shape index (κ2) is 8.08. The summed E-state index contributed by atoms with van der Waals surface area (Å²) in [4.78, 5) is 39.8. The highest BCUT2D eigenvalue weighted by atomic mass is 16.5. The monoisotopic (exact) mass is 440 g/mol. The van der Waals surface area contributed by atoms with Gasteiger partial charge in [-0.05, 0) is 41.3 Å². The van der Waals surface area contributed by atoms with Crippen LogP contribution < -0.4 is 16.1 Å². The van der Waals surface area contributed by atoms with E-state index in [1.807, 2.05) is 66.7 Å². The number of hydrogen-bond acceptors (Lipinski definition) is 6. The Morgan fingerprint density at radius 2 is 1.70 bits per heavy atom. The quantitative estimate of drug-likeness (QED) is 0.439. The van der Waals surface area contributed by atoms with Gasteiger partial charge in [-0.2, -0.15) is 0 Å². The first-order valence-corrected chi connectivity index (χ1v) is 10.0. The summed E-state index contributed by atoms with van der Waals surface area (Å²) in [5.41, 5.74) is 0.485. The first-order chi connectivity index (χ1) is 16.0. The Kier molecular flexibility index (Phi) is 4.95. The van der Waals surface area contributed by atoms with Crippen molar-refractivity contribution in [2.75, 3.05) is 0 Å². The summed E-state index contributed by atoms with van der Waals surface area (Å²) >= 11 is 0. The molecular formula is C25H16N2O6.